The van der Waals surface area contributed by atoms with Gasteiger partial charge >= 0.3 is 5.97 Å². The summed E-state index contributed by atoms with van der Waals surface area (Å²) in [7, 11) is 0. The highest BCUT2D eigenvalue weighted by Gasteiger charge is 2.43. The van der Waals surface area contributed by atoms with Crippen LogP contribution in [0.25, 0.3) is 0 Å². The number of hydrogen-bond acceptors (Lipinski definition) is 2. The van der Waals surface area contributed by atoms with Gasteiger partial charge in [-0.25, -0.2) is 9.18 Å². The first-order chi connectivity index (χ1) is 10.4. The van der Waals surface area contributed by atoms with Crippen molar-refractivity contribution in [3.8, 4) is 0 Å². The molecule has 2 rings (SSSR count). The molecular weight excluding hydrogens is 285 g/mol. The van der Waals surface area contributed by atoms with Crippen LogP contribution in [-0.2, 0) is 16.0 Å². The predicted molar refractivity (Wildman–Crippen MR) is 80.9 cm³/mol. The minimum Gasteiger partial charge on any atom is -0.480 e. The zero-order valence-corrected chi connectivity index (χ0v) is 12.8. The number of aryl methyl sites for hydroxylation is 1. The number of aliphatic carboxylic acids is 1. The SMILES string of the molecule is CC(CCc1ccccc1F)C(=O)NC1(C(=O)O)CCCC1. The monoisotopic (exact) mass is 307 g/mol. The third kappa shape index (κ3) is 3.64. The van der Waals surface area contributed by atoms with Gasteiger partial charge in [-0.2, -0.15) is 0 Å². The van der Waals surface area contributed by atoms with Crippen LogP contribution in [0.2, 0.25) is 0 Å². The Morgan fingerprint density at radius 1 is 1.32 bits per heavy atom. The number of carboxylic acids is 1. The Hall–Kier alpha value is -1.91. The van der Waals surface area contributed by atoms with Gasteiger partial charge in [-0.15, -0.1) is 0 Å². The Morgan fingerprint density at radius 2 is 1.95 bits per heavy atom. The van der Waals surface area contributed by atoms with E-state index in [9.17, 15) is 19.1 Å². The molecule has 1 aromatic rings. The summed E-state index contributed by atoms with van der Waals surface area (Å²) in [6.07, 6.45) is 3.54. The fourth-order valence-electron chi connectivity index (χ4n) is 2.93. The first kappa shape index (κ1) is 16.5. The summed E-state index contributed by atoms with van der Waals surface area (Å²) in [5.74, 6) is -1.84. The summed E-state index contributed by atoms with van der Waals surface area (Å²) in [5.41, 5.74) is -0.528. The van der Waals surface area contributed by atoms with E-state index in [0.717, 1.165) is 12.8 Å². The topological polar surface area (TPSA) is 66.4 Å². The molecule has 120 valence electrons. The van der Waals surface area contributed by atoms with Crippen molar-refractivity contribution >= 4 is 11.9 Å². The van der Waals surface area contributed by atoms with Gasteiger partial charge in [0.1, 0.15) is 11.4 Å². The number of benzene rings is 1. The molecule has 1 saturated carbocycles. The average Bonchev–Trinajstić information content (AvgIpc) is 2.96. The van der Waals surface area contributed by atoms with Crippen molar-refractivity contribution in [3.63, 3.8) is 0 Å². The predicted octanol–water partition coefficient (Wildman–Crippen LogP) is 2.91. The van der Waals surface area contributed by atoms with E-state index in [0.29, 0.717) is 31.2 Å². The van der Waals surface area contributed by atoms with Crippen LogP contribution < -0.4 is 5.32 Å². The second-order valence-corrected chi connectivity index (χ2v) is 6.11. The normalized spacial score (nSPS) is 17.9. The molecule has 1 aliphatic rings. The highest BCUT2D eigenvalue weighted by Crippen LogP contribution is 2.30. The second-order valence-electron chi connectivity index (χ2n) is 6.11. The van der Waals surface area contributed by atoms with Crippen LogP contribution in [0.5, 0.6) is 0 Å². The van der Waals surface area contributed by atoms with E-state index in [1.54, 1.807) is 25.1 Å². The third-order valence-electron chi connectivity index (χ3n) is 4.48. The van der Waals surface area contributed by atoms with Crippen molar-refractivity contribution in [2.24, 2.45) is 5.92 Å². The Balaban J connectivity index is 1.92. The fraction of sp³-hybridized carbons (Fsp3) is 0.529. The maximum Gasteiger partial charge on any atom is 0.329 e. The van der Waals surface area contributed by atoms with Crippen molar-refractivity contribution in [1.29, 1.82) is 0 Å². The molecule has 1 unspecified atom stereocenters. The Kier molecular flexibility index (Phi) is 5.16. The van der Waals surface area contributed by atoms with Gasteiger partial charge in [-0.1, -0.05) is 38.0 Å². The number of halogens is 1. The van der Waals surface area contributed by atoms with Crippen molar-refractivity contribution in [2.45, 2.75) is 51.0 Å². The minimum atomic E-state index is -1.11. The van der Waals surface area contributed by atoms with Gasteiger partial charge in [0.25, 0.3) is 0 Å². The number of nitrogens with one attached hydrogen (secondary N) is 1. The Morgan fingerprint density at radius 3 is 2.55 bits per heavy atom. The molecule has 0 bridgehead atoms. The van der Waals surface area contributed by atoms with Crippen molar-refractivity contribution in [2.75, 3.05) is 0 Å². The molecular formula is C17H22FNO3. The van der Waals surface area contributed by atoms with Gasteiger partial charge in [0.15, 0.2) is 0 Å². The van der Waals surface area contributed by atoms with E-state index < -0.39 is 11.5 Å². The van der Waals surface area contributed by atoms with Crippen molar-refractivity contribution in [3.05, 3.63) is 35.6 Å². The lowest BCUT2D eigenvalue weighted by Crippen LogP contribution is -2.53. The Labute approximate surface area is 129 Å². The van der Waals surface area contributed by atoms with Gasteiger partial charge in [-0.3, -0.25) is 4.79 Å². The number of carbonyl (C=O) groups excluding carboxylic acids is 1. The standard InChI is InChI=1S/C17H22FNO3/c1-12(8-9-13-6-2-3-7-14(13)18)15(20)19-17(16(21)22)10-4-5-11-17/h2-3,6-7,12H,4-5,8-11H2,1H3,(H,19,20)(H,21,22). The smallest absolute Gasteiger partial charge is 0.329 e. The maximum absolute atomic E-state index is 13.6. The summed E-state index contributed by atoms with van der Waals surface area (Å²) in [6, 6.07) is 6.50. The highest BCUT2D eigenvalue weighted by molar-refractivity contribution is 5.88. The third-order valence-corrected chi connectivity index (χ3v) is 4.48. The zero-order valence-electron chi connectivity index (χ0n) is 12.8. The molecule has 0 spiro atoms. The fourth-order valence-corrected chi connectivity index (χ4v) is 2.93. The van der Waals surface area contributed by atoms with Gasteiger partial charge in [0.2, 0.25) is 5.91 Å². The quantitative estimate of drug-likeness (QED) is 0.849. The minimum absolute atomic E-state index is 0.263. The van der Waals surface area contributed by atoms with E-state index in [-0.39, 0.29) is 17.6 Å². The molecule has 4 nitrogen and oxygen atoms in total. The lowest BCUT2D eigenvalue weighted by atomic mass is 9.94. The highest BCUT2D eigenvalue weighted by atomic mass is 19.1. The molecule has 0 aliphatic heterocycles. The number of carboxylic acid groups (broad SMARTS) is 1. The zero-order chi connectivity index (χ0) is 16.2. The maximum atomic E-state index is 13.6. The number of carbonyl (C=O) groups is 2. The van der Waals surface area contributed by atoms with Crippen LogP contribution in [0.3, 0.4) is 0 Å². The molecule has 1 amide bonds. The summed E-state index contributed by atoms with van der Waals surface area (Å²) in [5, 5.41) is 12.1. The lowest BCUT2D eigenvalue weighted by Gasteiger charge is -2.27. The summed E-state index contributed by atoms with van der Waals surface area (Å²) < 4.78 is 13.6. The molecule has 0 aromatic heterocycles. The molecule has 0 radical (unpaired) electrons. The van der Waals surface area contributed by atoms with Crippen LogP contribution >= 0.6 is 0 Å². The van der Waals surface area contributed by atoms with Crippen LogP contribution in [0.4, 0.5) is 4.39 Å². The van der Waals surface area contributed by atoms with Crippen LogP contribution in [0.1, 0.15) is 44.6 Å². The summed E-state index contributed by atoms with van der Waals surface area (Å²) >= 11 is 0. The van der Waals surface area contributed by atoms with Crippen molar-refractivity contribution < 1.29 is 19.1 Å². The summed E-state index contributed by atoms with van der Waals surface area (Å²) in [6.45, 7) is 1.75. The molecule has 22 heavy (non-hydrogen) atoms. The average molecular weight is 307 g/mol. The van der Waals surface area contributed by atoms with Gasteiger partial charge in [0, 0.05) is 5.92 Å². The Bertz CT molecular complexity index is 553. The number of amides is 1. The molecule has 5 heteroatoms. The van der Waals surface area contributed by atoms with Crippen LogP contribution in [0.15, 0.2) is 24.3 Å². The molecule has 1 fully saturated rings. The molecule has 1 aromatic carbocycles. The van der Waals surface area contributed by atoms with E-state index in [1.807, 2.05) is 0 Å². The van der Waals surface area contributed by atoms with Gasteiger partial charge in [-0.05, 0) is 37.3 Å². The number of hydrogen-bond donors (Lipinski definition) is 2. The second kappa shape index (κ2) is 6.90. The molecule has 2 N–H and O–H groups in total. The number of rotatable bonds is 6. The summed E-state index contributed by atoms with van der Waals surface area (Å²) in [4.78, 5) is 23.7. The van der Waals surface area contributed by atoms with E-state index in [4.69, 9.17) is 0 Å². The first-order valence-electron chi connectivity index (χ1n) is 7.73. The van der Waals surface area contributed by atoms with Gasteiger partial charge in [0.05, 0.1) is 0 Å². The molecule has 1 aliphatic carbocycles. The van der Waals surface area contributed by atoms with Crippen LogP contribution in [-0.4, -0.2) is 22.5 Å². The van der Waals surface area contributed by atoms with Crippen LogP contribution in [0, 0.1) is 11.7 Å². The van der Waals surface area contributed by atoms with Crippen molar-refractivity contribution in [1.82, 2.24) is 5.32 Å². The van der Waals surface area contributed by atoms with E-state index in [2.05, 4.69) is 5.32 Å². The van der Waals surface area contributed by atoms with Gasteiger partial charge < -0.3 is 10.4 Å². The van der Waals surface area contributed by atoms with E-state index in [1.165, 1.54) is 6.07 Å². The van der Waals surface area contributed by atoms with E-state index >= 15 is 0 Å². The first-order valence-corrected chi connectivity index (χ1v) is 7.73. The molecule has 1 atom stereocenters. The molecule has 0 heterocycles. The largest absolute Gasteiger partial charge is 0.480 e. The molecule has 0 saturated heterocycles. The lowest BCUT2D eigenvalue weighted by molar-refractivity contribution is -0.148.